The molecule has 1 unspecified atom stereocenters. The molecular weight excluding hydrogens is 182 g/mol. The molecule has 0 saturated carbocycles. The summed E-state index contributed by atoms with van der Waals surface area (Å²) < 4.78 is 22.5. The molecule has 1 atom stereocenters. The molecule has 0 aliphatic carbocycles. The summed E-state index contributed by atoms with van der Waals surface area (Å²) in [6, 6.07) is 0. The number of hydrogen-bond acceptors (Lipinski definition) is 4. The fraction of sp³-hybridized carbons (Fsp3) is 1.00. The summed E-state index contributed by atoms with van der Waals surface area (Å²) in [7, 11) is -2.92. The molecule has 0 aliphatic heterocycles. The van der Waals surface area contributed by atoms with Crippen LogP contribution in [0.5, 0.6) is 0 Å². The van der Waals surface area contributed by atoms with E-state index >= 15 is 0 Å². The van der Waals surface area contributed by atoms with Gasteiger partial charge in [0, 0.05) is 12.3 Å². The maximum atomic E-state index is 11.2. The molecule has 11 heavy (non-hydrogen) atoms. The van der Waals surface area contributed by atoms with E-state index in [2.05, 4.69) is 0 Å². The Balaban J connectivity index is 4.01. The lowest BCUT2D eigenvalue weighted by molar-refractivity contribution is 0.585. The molecule has 0 saturated heterocycles. The van der Waals surface area contributed by atoms with Crippen LogP contribution in [-0.2, 0) is 9.84 Å². The zero-order valence-electron chi connectivity index (χ0n) is 6.91. The molecule has 0 heterocycles. The highest BCUT2D eigenvalue weighted by molar-refractivity contribution is 8.00. The Morgan fingerprint density at radius 3 is 2.45 bits per heavy atom. The summed E-state index contributed by atoms with van der Waals surface area (Å²) in [4.78, 5) is 0. The molecule has 0 bridgehead atoms. The molecule has 0 aromatic rings. The van der Waals surface area contributed by atoms with Crippen molar-refractivity contribution in [1.29, 1.82) is 0 Å². The van der Waals surface area contributed by atoms with Gasteiger partial charge in [0.1, 0.15) is 0 Å². The highest BCUT2D eigenvalue weighted by Crippen LogP contribution is 2.03. The van der Waals surface area contributed by atoms with Crippen molar-refractivity contribution in [2.45, 2.75) is 12.2 Å². The van der Waals surface area contributed by atoms with Crippen molar-refractivity contribution in [2.24, 2.45) is 5.73 Å². The topological polar surface area (TPSA) is 60.2 Å². The van der Waals surface area contributed by atoms with Gasteiger partial charge in [-0.25, -0.2) is 8.42 Å². The normalized spacial score (nSPS) is 14.8. The van der Waals surface area contributed by atoms with Crippen LogP contribution in [-0.4, -0.2) is 38.0 Å². The molecule has 68 valence electrons. The van der Waals surface area contributed by atoms with Crippen molar-refractivity contribution in [3.8, 4) is 0 Å². The fourth-order valence-corrected chi connectivity index (χ4v) is 2.84. The second-order valence-corrected chi connectivity index (χ2v) is 5.93. The van der Waals surface area contributed by atoms with E-state index in [4.69, 9.17) is 5.73 Å². The Bertz CT molecular complexity index is 189. The monoisotopic (exact) mass is 197 g/mol. The molecule has 5 heteroatoms. The second-order valence-electron chi connectivity index (χ2n) is 2.41. The predicted octanol–water partition coefficient (Wildman–Crippen LogP) is 0.111. The first-order chi connectivity index (χ1) is 5.04. The van der Waals surface area contributed by atoms with E-state index in [1.165, 1.54) is 11.8 Å². The van der Waals surface area contributed by atoms with Crippen LogP contribution < -0.4 is 5.73 Å². The van der Waals surface area contributed by atoms with E-state index in [0.717, 1.165) is 0 Å². The van der Waals surface area contributed by atoms with Crippen molar-refractivity contribution in [1.82, 2.24) is 0 Å². The summed E-state index contributed by atoms with van der Waals surface area (Å²) in [5.41, 5.74) is 5.24. The Hall–Kier alpha value is 0.260. The third kappa shape index (κ3) is 3.98. The molecule has 2 N–H and O–H groups in total. The third-order valence-corrected chi connectivity index (χ3v) is 4.58. The zero-order chi connectivity index (χ0) is 8.91. The maximum Gasteiger partial charge on any atom is 0.154 e. The number of nitrogens with two attached hydrogens (primary N) is 1. The molecule has 0 rings (SSSR count). The van der Waals surface area contributed by atoms with Crippen molar-refractivity contribution < 1.29 is 8.42 Å². The third-order valence-electron chi connectivity index (χ3n) is 1.52. The molecule has 3 nitrogen and oxygen atoms in total. The first-order valence-corrected chi connectivity index (χ1v) is 6.56. The van der Waals surface area contributed by atoms with E-state index in [-0.39, 0.29) is 12.3 Å². The van der Waals surface area contributed by atoms with Gasteiger partial charge in [-0.15, -0.1) is 0 Å². The van der Waals surface area contributed by atoms with Crippen LogP contribution in [0.2, 0.25) is 0 Å². The lowest BCUT2D eigenvalue weighted by Gasteiger charge is -2.08. The molecule has 0 fully saturated rings. The average Bonchev–Trinajstić information content (AvgIpc) is 1.99. The van der Waals surface area contributed by atoms with Gasteiger partial charge in [-0.05, 0) is 13.2 Å². The quantitative estimate of drug-likeness (QED) is 0.679. The number of hydrogen-bond donors (Lipinski definition) is 1. The summed E-state index contributed by atoms with van der Waals surface area (Å²) in [5.74, 6) is 0.902. The Kier molecular flexibility index (Phi) is 5.12. The lowest BCUT2D eigenvalue weighted by Crippen LogP contribution is -2.29. The van der Waals surface area contributed by atoms with Gasteiger partial charge in [-0.2, -0.15) is 11.8 Å². The highest BCUT2D eigenvalue weighted by Gasteiger charge is 2.17. The molecule has 0 aromatic heterocycles. The van der Waals surface area contributed by atoms with Crippen LogP contribution in [0.3, 0.4) is 0 Å². The Morgan fingerprint density at radius 1 is 1.55 bits per heavy atom. The van der Waals surface area contributed by atoms with Crippen LogP contribution in [0.25, 0.3) is 0 Å². The summed E-state index contributed by atoms with van der Waals surface area (Å²) >= 11 is 1.54. The first kappa shape index (κ1) is 11.3. The van der Waals surface area contributed by atoms with Gasteiger partial charge in [0.05, 0.1) is 11.0 Å². The van der Waals surface area contributed by atoms with Crippen LogP contribution in [0.4, 0.5) is 0 Å². The summed E-state index contributed by atoms with van der Waals surface area (Å²) in [6.45, 7) is 1.87. The minimum Gasteiger partial charge on any atom is -0.329 e. The van der Waals surface area contributed by atoms with Crippen molar-refractivity contribution >= 4 is 21.6 Å². The predicted molar refractivity (Wildman–Crippen MR) is 50.7 cm³/mol. The van der Waals surface area contributed by atoms with Crippen molar-refractivity contribution in [3.63, 3.8) is 0 Å². The van der Waals surface area contributed by atoms with Gasteiger partial charge in [0.25, 0.3) is 0 Å². The van der Waals surface area contributed by atoms with E-state index < -0.39 is 15.1 Å². The number of rotatable bonds is 5. The zero-order valence-corrected chi connectivity index (χ0v) is 8.54. The van der Waals surface area contributed by atoms with E-state index in [1.807, 2.05) is 6.26 Å². The van der Waals surface area contributed by atoms with E-state index in [1.54, 1.807) is 6.92 Å². The van der Waals surface area contributed by atoms with Crippen LogP contribution in [0.15, 0.2) is 0 Å². The fourth-order valence-electron chi connectivity index (χ4n) is 0.547. The van der Waals surface area contributed by atoms with Gasteiger partial charge in [-0.1, -0.05) is 0 Å². The molecule has 0 amide bonds. The molecule has 0 radical (unpaired) electrons. The highest BCUT2D eigenvalue weighted by atomic mass is 32.2. The number of thioether (sulfide) groups is 1. The minimum atomic E-state index is -2.92. The Morgan fingerprint density at radius 2 is 2.09 bits per heavy atom. The smallest absolute Gasteiger partial charge is 0.154 e. The van der Waals surface area contributed by atoms with E-state index in [0.29, 0.717) is 5.75 Å². The van der Waals surface area contributed by atoms with Gasteiger partial charge < -0.3 is 5.73 Å². The number of sulfone groups is 1. The molecule has 0 aromatic carbocycles. The van der Waals surface area contributed by atoms with Crippen molar-refractivity contribution in [2.75, 3.05) is 24.3 Å². The van der Waals surface area contributed by atoms with E-state index in [9.17, 15) is 8.42 Å². The SMILES string of the molecule is CSCCS(=O)(=O)C(C)CN. The standard InChI is InChI=1S/C6H15NO2S2/c1-6(5-7)11(8,9)4-3-10-2/h6H,3-5,7H2,1-2H3. The molecule has 0 spiro atoms. The van der Waals surface area contributed by atoms with Gasteiger partial charge in [0.2, 0.25) is 0 Å². The molecular formula is C6H15NO2S2. The first-order valence-electron chi connectivity index (χ1n) is 3.45. The van der Waals surface area contributed by atoms with Gasteiger partial charge >= 0.3 is 0 Å². The summed E-state index contributed by atoms with van der Waals surface area (Å²) in [6.07, 6.45) is 1.89. The van der Waals surface area contributed by atoms with Gasteiger partial charge in [-0.3, -0.25) is 0 Å². The van der Waals surface area contributed by atoms with Crippen molar-refractivity contribution in [3.05, 3.63) is 0 Å². The van der Waals surface area contributed by atoms with Crippen LogP contribution in [0, 0.1) is 0 Å². The second kappa shape index (κ2) is 5.00. The average molecular weight is 197 g/mol. The van der Waals surface area contributed by atoms with Gasteiger partial charge in [0.15, 0.2) is 9.84 Å². The van der Waals surface area contributed by atoms with Crippen LogP contribution in [0.1, 0.15) is 6.92 Å². The minimum absolute atomic E-state index is 0.219. The lowest BCUT2D eigenvalue weighted by atomic mass is 10.5. The summed E-state index contributed by atoms with van der Waals surface area (Å²) in [5, 5.41) is -0.394. The molecule has 0 aliphatic rings. The Labute approximate surface area is 72.7 Å². The maximum absolute atomic E-state index is 11.2. The van der Waals surface area contributed by atoms with Crippen LogP contribution >= 0.6 is 11.8 Å². The largest absolute Gasteiger partial charge is 0.329 e.